The number of aryl methyl sites for hydroxylation is 1. The Morgan fingerprint density at radius 2 is 2.00 bits per heavy atom. The molecule has 0 bridgehead atoms. The van der Waals surface area contributed by atoms with Crippen molar-refractivity contribution in [3.05, 3.63) is 78.6 Å². The van der Waals surface area contributed by atoms with Crippen LogP contribution in [0.5, 0.6) is 5.88 Å². The minimum Gasteiger partial charge on any atom is -0.480 e. The van der Waals surface area contributed by atoms with Crippen LogP contribution in [0.3, 0.4) is 0 Å². The number of rotatable bonds is 6. The van der Waals surface area contributed by atoms with E-state index >= 15 is 0 Å². The summed E-state index contributed by atoms with van der Waals surface area (Å²) in [4.78, 5) is 23.1. The highest BCUT2D eigenvalue weighted by atomic mass is 16.5. The number of piperidine rings is 1. The summed E-state index contributed by atoms with van der Waals surface area (Å²) in [5.74, 6) is 0.563. The second-order valence-corrected chi connectivity index (χ2v) is 9.67. The number of pyridine rings is 1. The minimum atomic E-state index is 0.0310. The van der Waals surface area contributed by atoms with E-state index < -0.39 is 0 Å². The number of nitrogens with one attached hydrogen (secondary N) is 1. The van der Waals surface area contributed by atoms with E-state index in [0.29, 0.717) is 18.0 Å². The monoisotopic (exact) mass is 494 g/mol. The van der Waals surface area contributed by atoms with Gasteiger partial charge in [0.15, 0.2) is 5.65 Å². The SMILES string of the molecule is C=CC(=O)N1CCC(N[C@H]2CCc3cc(-c4nc5ccc(OC)nn5c4-c4cccnc4)ccc32)CC1. The van der Waals surface area contributed by atoms with Crippen LogP contribution in [0.1, 0.15) is 36.4 Å². The number of carbonyl (C=O) groups excluding carboxylic acids is 1. The third-order valence-electron chi connectivity index (χ3n) is 7.51. The molecule has 2 aliphatic rings. The van der Waals surface area contributed by atoms with Crippen LogP contribution < -0.4 is 10.1 Å². The van der Waals surface area contributed by atoms with Crippen molar-refractivity contribution >= 4 is 11.6 Å². The van der Waals surface area contributed by atoms with E-state index in [-0.39, 0.29) is 5.91 Å². The maximum Gasteiger partial charge on any atom is 0.245 e. The van der Waals surface area contributed by atoms with Gasteiger partial charge in [-0.05, 0) is 67.2 Å². The molecule has 1 fully saturated rings. The Morgan fingerprint density at radius 3 is 2.76 bits per heavy atom. The van der Waals surface area contributed by atoms with Crippen LogP contribution in [0.2, 0.25) is 0 Å². The fourth-order valence-corrected chi connectivity index (χ4v) is 5.61. The van der Waals surface area contributed by atoms with Crippen LogP contribution in [0, 0.1) is 0 Å². The van der Waals surface area contributed by atoms with Crippen LogP contribution in [-0.4, -0.2) is 56.6 Å². The number of likely N-dealkylation sites (tertiary alicyclic amines) is 1. The summed E-state index contributed by atoms with van der Waals surface area (Å²) in [7, 11) is 1.62. The van der Waals surface area contributed by atoms with Gasteiger partial charge in [0.1, 0.15) is 5.69 Å². The van der Waals surface area contributed by atoms with Crippen LogP contribution in [0.15, 0.2) is 67.5 Å². The van der Waals surface area contributed by atoms with Crippen molar-refractivity contribution in [2.75, 3.05) is 20.2 Å². The molecule has 0 saturated carbocycles. The van der Waals surface area contributed by atoms with E-state index in [0.717, 1.165) is 66.9 Å². The smallest absolute Gasteiger partial charge is 0.245 e. The Kier molecular flexibility index (Phi) is 6.18. The van der Waals surface area contributed by atoms with Crippen molar-refractivity contribution in [1.82, 2.24) is 29.8 Å². The fraction of sp³-hybridized carbons (Fsp3) is 0.310. The summed E-state index contributed by atoms with van der Waals surface area (Å²) >= 11 is 0. The molecule has 0 radical (unpaired) electrons. The number of hydrogen-bond donors (Lipinski definition) is 1. The molecule has 37 heavy (non-hydrogen) atoms. The number of methoxy groups -OCH3 is 1. The summed E-state index contributed by atoms with van der Waals surface area (Å²) in [5.41, 5.74) is 7.28. The topological polar surface area (TPSA) is 84.7 Å². The molecule has 188 valence electrons. The molecule has 6 rings (SSSR count). The molecular weight excluding hydrogens is 464 g/mol. The van der Waals surface area contributed by atoms with Gasteiger partial charge in [-0.3, -0.25) is 9.78 Å². The Balaban J connectivity index is 1.29. The van der Waals surface area contributed by atoms with E-state index in [1.165, 1.54) is 17.2 Å². The van der Waals surface area contributed by atoms with Gasteiger partial charge in [0, 0.05) is 54.8 Å². The lowest BCUT2D eigenvalue weighted by Crippen LogP contribution is -2.45. The predicted octanol–water partition coefficient (Wildman–Crippen LogP) is 4.22. The molecule has 1 atom stereocenters. The van der Waals surface area contributed by atoms with Crippen molar-refractivity contribution in [3.8, 4) is 28.4 Å². The van der Waals surface area contributed by atoms with Gasteiger partial charge in [-0.25, -0.2) is 9.50 Å². The number of aromatic nitrogens is 4. The van der Waals surface area contributed by atoms with E-state index in [9.17, 15) is 4.79 Å². The highest BCUT2D eigenvalue weighted by Gasteiger charge is 2.28. The molecule has 0 spiro atoms. The zero-order valence-corrected chi connectivity index (χ0v) is 20.9. The normalized spacial score (nSPS) is 17.6. The van der Waals surface area contributed by atoms with Crippen molar-refractivity contribution in [2.24, 2.45) is 0 Å². The third kappa shape index (κ3) is 4.38. The summed E-state index contributed by atoms with van der Waals surface area (Å²) in [6.07, 6.45) is 9.05. The number of amides is 1. The summed E-state index contributed by atoms with van der Waals surface area (Å²) < 4.78 is 7.22. The van der Waals surface area contributed by atoms with Crippen molar-refractivity contribution in [1.29, 1.82) is 0 Å². The van der Waals surface area contributed by atoms with Gasteiger partial charge in [-0.15, -0.1) is 5.10 Å². The van der Waals surface area contributed by atoms with Crippen molar-refractivity contribution in [3.63, 3.8) is 0 Å². The minimum absolute atomic E-state index is 0.0310. The summed E-state index contributed by atoms with van der Waals surface area (Å²) in [6, 6.07) is 15.2. The van der Waals surface area contributed by atoms with E-state index in [1.807, 2.05) is 39.9 Å². The molecule has 8 nitrogen and oxygen atoms in total. The Labute approximate surface area is 216 Å². The number of ether oxygens (including phenoxy) is 1. The fourth-order valence-electron chi connectivity index (χ4n) is 5.61. The largest absolute Gasteiger partial charge is 0.480 e. The number of carbonyl (C=O) groups is 1. The number of hydrogen-bond acceptors (Lipinski definition) is 6. The van der Waals surface area contributed by atoms with Gasteiger partial charge in [-0.1, -0.05) is 18.7 Å². The van der Waals surface area contributed by atoms with E-state index in [2.05, 4.69) is 40.2 Å². The number of benzene rings is 1. The molecule has 3 aromatic heterocycles. The van der Waals surface area contributed by atoms with Gasteiger partial charge in [0.05, 0.1) is 12.8 Å². The molecule has 1 aliphatic carbocycles. The molecular formula is C29H30N6O2. The highest BCUT2D eigenvalue weighted by molar-refractivity contribution is 5.87. The van der Waals surface area contributed by atoms with Gasteiger partial charge in [0.2, 0.25) is 11.8 Å². The van der Waals surface area contributed by atoms with Gasteiger partial charge < -0.3 is 15.0 Å². The number of imidazole rings is 1. The van der Waals surface area contributed by atoms with Gasteiger partial charge in [-0.2, -0.15) is 0 Å². The standard InChI is InChI=1S/C29H30N6O2/c1-3-27(36)34-15-12-22(13-16-34)31-24-9-7-19-17-20(6-8-23(19)24)28-29(21-5-4-14-30-18-21)35-25(32-28)10-11-26(33-35)37-2/h3-6,8,10-11,14,17-18,22,24,31H,1,7,9,12-13,15-16H2,2H3/t24-/m0/s1. The molecule has 1 N–H and O–H groups in total. The second-order valence-electron chi connectivity index (χ2n) is 9.67. The van der Waals surface area contributed by atoms with Crippen LogP contribution in [0.4, 0.5) is 0 Å². The first-order valence-electron chi connectivity index (χ1n) is 12.8. The average Bonchev–Trinajstić information content (AvgIpc) is 3.54. The third-order valence-corrected chi connectivity index (χ3v) is 7.51. The van der Waals surface area contributed by atoms with Crippen LogP contribution in [-0.2, 0) is 11.2 Å². The first-order chi connectivity index (χ1) is 18.1. The Hall–Kier alpha value is -4.04. The lowest BCUT2D eigenvalue weighted by molar-refractivity contribution is -0.127. The predicted molar refractivity (Wildman–Crippen MR) is 142 cm³/mol. The quantitative estimate of drug-likeness (QED) is 0.404. The van der Waals surface area contributed by atoms with E-state index in [4.69, 9.17) is 9.72 Å². The molecule has 8 heteroatoms. The van der Waals surface area contributed by atoms with E-state index in [1.54, 1.807) is 13.3 Å². The number of nitrogens with zero attached hydrogens (tertiary/aromatic N) is 5. The maximum absolute atomic E-state index is 11.9. The lowest BCUT2D eigenvalue weighted by atomic mass is 9.99. The zero-order valence-electron chi connectivity index (χ0n) is 20.9. The zero-order chi connectivity index (χ0) is 25.4. The van der Waals surface area contributed by atoms with Crippen molar-refractivity contribution in [2.45, 2.75) is 37.8 Å². The Bertz CT molecular complexity index is 1460. The number of fused-ring (bicyclic) bond motifs is 2. The molecule has 4 heterocycles. The van der Waals surface area contributed by atoms with Crippen LogP contribution >= 0.6 is 0 Å². The highest BCUT2D eigenvalue weighted by Crippen LogP contribution is 2.38. The molecule has 1 aliphatic heterocycles. The van der Waals surface area contributed by atoms with Crippen LogP contribution in [0.25, 0.3) is 28.2 Å². The first kappa shape index (κ1) is 23.4. The van der Waals surface area contributed by atoms with Gasteiger partial charge >= 0.3 is 0 Å². The molecule has 0 unspecified atom stereocenters. The Morgan fingerprint density at radius 1 is 1.14 bits per heavy atom. The lowest BCUT2D eigenvalue weighted by Gasteiger charge is -2.33. The molecule has 1 saturated heterocycles. The van der Waals surface area contributed by atoms with Crippen molar-refractivity contribution < 1.29 is 9.53 Å². The summed E-state index contributed by atoms with van der Waals surface area (Å²) in [6.45, 7) is 5.17. The molecule has 4 aromatic rings. The molecule has 1 amide bonds. The first-order valence-corrected chi connectivity index (χ1v) is 12.8. The average molecular weight is 495 g/mol. The summed E-state index contributed by atoms with van der Waals surface area (Å²) in [5, 5.41) is 8.52. The second kappa shape index (κ2) is 9.78. The maximum atomic E-state index is 11.9. The van der Waals surface area contributed by atoms with Gasteiger partial charge in [0.25, 0.3) is 0 Å². The molecule has 1 aromatic carbocycles.